The van der Waals surface area contributed by atoms with Gasteiger partial charge in [0.1, 0.15) is 22.8 Å². The summed E-state index contributed by atoms with van der Waals surface area (Å²) in [6.07, 6.45) is 1.55. The van der Waals surface area contributed by atoms with Crippen molar-refractivity contribution in [3.63, 3.8) is 0 Å². The summed E-state index contributed by atoms with van der Waals surface area (Å²) in [4.78, 5) is 9.44. The van der Waals surface area contributed by atoms with E-state index in [0.717, 1.165) is 21.6 Å². The largest absolute Gasteiger partial charge is 0.363 e. The van der Waals surface area contributed by atoms with Crippen molar-refractivity contribution in [3.05, 3.63) is 52.9 Å². The Morgan fingerprint density at radius 3 is 2.90 bits per heavy atom. The Balaban J connectivity index is 1.90. The van der Waals surface area contributed by atoms with E-state index in [9.17, 15) is 4.39 Å². The molecule has 2 heterocycles. The third-order valence-corrected chi connectivity index (χ3v) is 4.13. The van der Waals surface area contributed by atoms with Crippen LogP contribution in [0.3, 0.4) is 0 Å². The molecular weight excluding hydrogens is 273 g/mol. The normalized spacial score (nSPS) is 12.6. The maximum Gasteiger partial charge on any atom is 0.138 e. The van der Waals surface area contributed by atoms with Crippen LogP contribution in [0.25, 0.3) is 10.2 Å². The molecule has 0 radical (unpaired) electrons. The van der Waals surface area contributed by atoms with Crippen LogP contribution >= 0.6 is 11.3 Å². The van der Waals surface area contributed by atoms with Gasteiger partial charge in [-0.1, -0.05) is 12.1 Å². The number of fused-ring (bicyclic) bond motifs is 1. The standard InChI is InChI=1S/C15H14FN3S/c1-9-3-4-11(7-13(9)16)10(2)19-14-12-5-6-20-15(12)18-8-17-14/h3-8,10H,1-2H3,(H,17,18,19). The van der Waals surface area contributed by atoms with Crippen molar-refractivity contribution in [1.82, 2.24) is 9.97 Å². The predicted octanol–water partition coefficient (Wildman–Crippen LogP) is 4.31. The number of nitrogens with zero attached hydrogens (tertiary/aromatic N) is 2. The van der Waals surface area contributed by atoms with Gasteiger partial charge in [0, 0.05) is 0 Å². The van der Waals surface area contributed by atoms with Gasteiger partial charge in [-0.05, 0) is 42.5 Å². The lowest BCUT2D eigenvalue weighted by atomic mass is 10.1. The number of hydrogen-bond donors (Lipinski definition) is 1. The monoisotopic (exact) mass is 287 g/mol. The van der Waals surface area contributed by atoms with Crippen molar-refractivity contribution in [2.75, 3.05) is 5.32 Å². The summed E-state index contributed by atoms with van der Waals surface area (Å²) < 4.78 is 13.6. The molecule has 1 aromatic carbocycles. The van der Waals surface area contributed by atoms with E-state index in [0.29, 0.717) is 5.56 Å². The van der Waals surface area contributed by atoms with E-state index >= 15 is 0 Å². The first-order valence-electron chi connectivity index (χ1n) is 6.36. The molecule has 20 heavy (non-hydrogen) atoms. The molecule has 1 unspecified atom stereocenters. The van der Waals surface area contributed by atoms with Gasteiger partial charge in [-0.2, -0.15) is 0 Å². The number of rotatable bonds is 3. The summed E-state index contributed by atoms with van der Waals surface area (Å²) >= 11 is 1.58. The van der Waals surface area contributed by atoms with E-state index in [4.69, 9.17) is 0 Å². The fourth-order valence-corrected chi connectivity index (χ4v) is 2.80. The van der Waals surface area contributed by atoms with Gasteiger partial charge in [-0.3, -0.25) is 0 Å². The number of anilines is 1. The zero-order chi connectivity index (χ0) is 14.1. The van der Waals surface area contributed by atoms with Crippen LogP contribution in [0.15, 0.2) is 36.0 Å². The van der Waals surface area contributed by atoms with Gasteiger partial charge in [0.25, 0.3) is 0 Å². The summed E-state index contributed by atoms with van der Waals surface area (Å²) in [7, 11) is 0. The lowest BCUT2D eigenvalue weighted by Crippen LogP contribution is -2.08. The third-order valence-electron chi connectivity index (χ3n) is 3.31. The maximum atomic E-state index is 13.6. The summed E-state index contributed by atoms with van der Waals surface area (Å²) in [5, 5.41) is 6.31. The average Bonchev–Trinajstić information content (AvgIpc) is 2.91. The van der Waals surface area contributed by atoms with Gasteiger partial charge >= 0.3 is 0 Å². The van der Waals surface area contributed by atoms with Crippen molar-refractivity contribution in [2.45, 2.75) is 19.9 Å². The second kappa shape index (κ2) is 5.17. The summed E-state index contributed by atoms with van der Waals surface area (Å²) in [5.74, 6) is 0.601. The molecule has 3 nitrogen and oxygen atoms in total. The molecule has 5 heteroatoms. The Bertz CT molecular complexity index is 754. The molecule has 0 saturated heterocycles. The Morgan fingerprint density at radius 2 is 2.10 bits per heavy atom. The molecule has 0 bridgehead atoms. The van der Waals surface area contributed by atoms with E-state index in [1.807, 2.05) is 24.4 Å². The Kier molecular flexibility index (Phi) is 3.36. The molecule has 102 valence electrons. The second-order valence-electron chi connectivity index (χ2n) is 4.74. The molecule has 1 N–H and O–H groups in total. The van der Waals surface area contributed by atoms with Gasteiger partial charge in [-0.15, -0.1) is 11.3 Å². The maximum absolute atomic E-state index is 13.6. The minimum absolute atomic E-state index is 0.0249. The molecule has 0 spiro atoms. The highest BCUT2D eigenvalue weighted by atomic mass is 32.1. The average molecular weight is 287 g/mol. The molecule has 0 saturated carbocycles. The molecule has 0 aliphatic heterocycles. The Morgan fingerprint density at radius 1 is 1.25 bits per heavy atom. The number of aryl methyl sites for hydroxylation is 1. The second-order valence-corrected chi connectivity index (χ2v) is 5.63. The number of nitrogens with one attached hydrogen (secondary N) is 1. The van der Waals surface area contributed by atoms with Gasteiger partial charge in [-0.25, -0.2) is 14.4 Å². The summed E-state index contributed by atoms with van der Waals surface area (Å²) in [5.41, 5.74) is 1.55. The Labute approximate surface area is 120 Å². The zero-order valence-electron chi connectivity index (χ0n) is 11.2. The first-order chi connectivity index (χ1) is 9.65. The topological polar surface area (TPSA) is 37.8 Å². The molecule has 0 aliphatic carbocycles. The van der Waals surface area contributed by atoms with E-state index in [2.05, 4.69) is 15.3 Å². The molecular formula is C15H14FN3S. The van der Waals surface area contributed by atoms with Crippen molar-refractivity contribution in [1.29, 1.82) is 0 Å². The first kappa shape index (κ1) is 13.0. The van der Waals surface area contributed by atoms with Crippen LogP contribution in [0, 0.1) is 12.7 Å². The summed E-state index contributed by atoms with van der Waals surface area (Å²) in [6.45, 7) is 3.75. The van der Waals surface area contributed by atoms with Crippen LogP contribution in [-0.2, 0) is 0 Å². The van der Waals surface area contributed by atoms with Crippen molar-refractivity contribution in [2.24, 2.45) is 0 Å². The molecule has 2 aromatic heterocycles. The minimum Gasteiger partial charge on any atom is -0.363 e. The van der Waals surface area contributed by atoms with Crippen LogP contribution in [0.1, 0.15) is 24.1 Å². The van der Waals surface area contributed by atoms with E-state index < -0.39 is 0 Å². The predicted molar refractivity (Wildman–Crippen MR) is 80.6 cm³/mol. The number of aromatic nitrogens is 2. The molecule has 0 aliphatic rings. The fourth-order valence-electron chi connectivity index (χ4n) is 2.07. The number of halogens is 1. The number of hydrogen-bond acceptors (Lipinski definition) is 4. The zero-order valence-corrected chi connectivity index (χ0v) is 12.0. The number of thiophene rings is 1. The molecule has 3 rings (SSSR count). The van der Waals surface area contributed by atoms with Gasteiger partial charge in [0.2, 0.25) is 0 Å². The quantitative estimate of drug-likeness (QED) is 0.780. The van der Waals surface area contributed by atoms with Crippen molar-refractivity contribution in [3.8, 4) is 0 Å². The molecule has 0 amide bonds. The van der Waals surface area contributed by atoms with Crippen LogP contribution in [0.5, 0.6) is 0 Å². The summed E-state index contributed by atoms with van der Waals surface area (Å²) in [6, 6.07) is 7.26. The first-order valence-corrected chi connectivity index (χ1v) is 7.24. The van der Waals surface area contributed by atoms with E-state index in [1.165, 1.54) is 0 Å². The van der Waals surface area contributed by atoms with E-state index in [1.54, 1.807) is 36.7 Å². The van der Waals surface area contributed by atoms with E-state index in [-0.39, 0.29) is 11.9 Å². The van der Waals surface area contributed by atoms with Gasteiger partial charge in [0.05, 0.1) is 11.4 Å². The van der Waals surface area contributed by atoms with Crippen LogP contribution < -0.4 is 5.32 Å². The van der Waals surface area contributed by atoms with Crippen molar-refractivity contribution < 1.29 is 4.39 Å². The fraction of sp³-hybridized carbons (Fsp3) is 0.200. The van der Waals surface area contributed by atoms with Crippen LogP contribution in [0.4, 0.5) is 10.2 Å². The highest BCUT2D eigenvalue weighted by Gasteiger charge is 2.11. The highest BCUT2D eigenvalue weighted by Crippen LogP contribution is 2.27. The van der Waals surface area contributed by atoms with Gasteiger partial charge < -0.3 is 5.32 Å². The van der Waals surface area contributed by atoms with Gasteiger partial charge in [0.15, 0.2) is 0 Å². The SMILES string of the molecule is Cc1ccc(C(C)Nc2ncnc3sccc23)cc1F. The minimum atomic E-state index is -0.181. The molecule has 1 atom stereocenters. The smallest absolute Gasteiger partial charge is 0.138 e. The Hall–Kier alpha value is -2.01. The molecule has 0 fully saturated rings. The molecule has 3 aromatic rings. The highest BCUT2D eigenvalue weighted by molar-refractivity contribution is 7.16. The van der Waals surface area contributed by atoms with Crippen LogP contribution in [-0.4, -0.2) is 9.97 Å². The van der Waals surface area contributed by atoms with Crippen molar-refractivity contribution >= 4 is 27.4 Å². The third kappa shape index (κ3) is 2.36. The lowest BCUT2D eigenvalue weighted by molar-refractivity contribution is 0.614. The number of benzene rings is 1. The lowest BCUT2D eigenvalue weighted by Gasteiger charge is -2.16. The van der Waals surface area contributed by atoms with Crippen LogP contribution in [0.2, 0.25) is 0 Å².